The number of nitrogens with one attached hydrogen (secondary N) is 1. The second kappa shape index (κ2) is 9.67. The minimum atomic E-state index is -3.94. The fourth-order valence-electron chi connectivity index (χ4n) is 4.53. The van der Waals surface area contributed by atoms with Gasteiger partial charge in [-0.15, -0.1) is 0 Å². The van der Waals surface area contributed by atoms with Crippen LogP contribution in [-0.2, 0) is 14.8 Å². The number of benzene rings is 1. The zero-order valence-corrected chi connectivity index (χ0v) is 19.6. The molecule has 1 unspecified atom stereocenters. The molecule has 1 aromatic carbocycles. The lowest BCUT2D eigenvalue weighted by atomic mass is 9.92. The molecule has 3 rings (SSSR count). The summed E-state index contributed by atoms with van der Waals surface area (Å²) in [6.45, 7) is 11.1. The average Bonchev–Trinajstić information content (AvgIpc) is 2.96. The molecule has 0 spiro atoms. The molecule has 172 valence electrons. The third kappa shape index (κ3) is 4.63. The van der Waals surface area contributed by atoms with Crippen LogP contribution in [0.5, 0.6) is 0 Å². The van der Waals surface area contributed by atoms with Crippen LogP contribution in [0, 0.1) is 5.92 Å². The molecule has 2 aliphatic rings. The first-order valence-electron chi connectivity index (χ1n) is 11.0. The van der Waals surface area contributed by atoms with Crippen molar-refractivity contribution in [3.8, 4) is 0 Å². The van der Waals surface area contributed by atoms with Crippen LogP contribution < -0.4 is 5.32 Å². The second-order valence-corrected chi connectivity index (χ2v) is 10.2. The number of ether oxygens (including phenoxy) is 1. The number of carbonyl (C=O) groups is 2. The third-order valence-corrected chi connectivity index (χ3v) is 8.26. The quantitative estimate of drug-likeness (QED) is 0.650. The maximum atomic E-state index is 12.9. The van der Waals surface area contributed by atoms with Crippen LogP contribution in [0.1, 0.15) is 61.3 Å². The molecule has 0 bridgehead atoms. The largest absolute Gasteiger partial charge is 0.379 e. The Morgan fingerprint density at radius 1 is 1.16 bits per heavy atom. The first kappa shape index (κ1) is 23.7. The molecule has 1 aromatic rings. The van der Waals surface area contributed by atoms with Crippen LogP contribution in [0.15, 0.2) is 23.1 Å². The Labute approximate surface area is 185 Å². The predicted molar refractivity (Wildman–Crippen MR) is 118 cm³/mol. The number of fused-ring (bicyclic) bond motifs is 1. The minimum Gasteiger partial charge on any atom is -0.379 e. The molecule has 9 heteroatoms. The first-order chi connectivity index (χ1) is 14.7. The summed E-state index contributed by atoms with van der Waals surface area (Å²) < 4.78 is 32.0. The van der Waals surface area contributed by atoms with Crippen molar-refractivity contribution < 1.29 is 22.7 Å². The normalized spacial score (nSPS) is 19.7. The molecule has 1 atom stereocenters. The van der Waals surface area contributed by atoms with E-state index < -0.39 is 22.0 Å². The van der Waals surface area contributed by atoms with E-state index in [-0.39, 0.29) is 28.0 Å². The van der Waals surface area contributed by atoms with E-state index in [1.165, 1.54) is 18.2 Å². The van der Waals surface area contributed by atoms with E-state index in [1.54, 1.807) is 13.8 Å². The molecule has 1 N–H and O–H groups in total. The summed E-state index contributed by atoms with van der Waals surface area (Å²) in [6, 6.07) is 3.98. The van der Waals surface area contributed by atoms with Gasteiger partial charge in [-0.3, -0.25) is 14.5 Å². The summed E-state index contributed by atoms with van der Waals surface area (Å²) in [4.78, 5) is 27.7. The fraction of sp³-hybridized carbons (Fsp3) is 0.636. The number of rotatable bonds is 8. The van der Waals surface area contributed by atoms with E-state index in [0.717, 1.165) is 30.2 Å². The highest BCUT2D eigenvalue weighted by Crippen LogP contribution is 2.32. The lowest BCUT2D eigenvalue weighted by Gasteiger charge is -2.38. The van der Waals surface area contributed by atoms with Crippen LogP contribution >= 0.6 is 0 Å². The summed E-state index contributed by atoms with van der Waals surface area (Å²) in [6.07, 6.45) is 2.03. The maximum absolute atomic E-state index is 12.9. The average molecular weight is 452 g/mol. The van der Waals surface area contributed by atoms with Crippen molar-refractivity contribution in [3.05, 3.63) is 29.3 Å². The minimum absolute atomic E-state index is 0.0939. The molecule has 31 heavy (non-hydrogen) atoms. The van der Waals surface area contributed by atoms with Crippen LogP contribution in [0.4, 0.5) is 0 Å². The van der Waals surface area contributed by atoms with Gasteiger partial charge >= 0.3 is 0 Å². The Bertz CT molecular complexity index is 921. The van der Waals surface area contributed by atoms with Gasteiger partial charge in [0.05, 0.1) is 18.8 Å². The predicted octanol–water partition coefficient (Wildman–Crippen LogP) is 2.11. The number of morpholine rings is 1. The molecular weight excluding hydrogens is 418 g/mol. The fourth-order valence-corrected chi connectivity index (χ4v) is 6.33. The van der Waals surface area contributed by atoms with Crippen molar-refractivity contribution in [2.45, 2.75) is 57.5 Å². The first-order valence-corrected chi connectivity index (χ1v) is 12.5. The number of carbonyl (C=O) groups excluding carboxylic acids is 2. The molecular formula is C22H33N3O5S. The van der Waals surface area contributed by atoms with Gasteiger partial charge in [0.1, 0.15) is 4.90 Å². The van der Waals surface area contributed by atoms with E-state index in [4.69, 9.17) is 4.74 Å². The highest BCUT2D eigenvalue weighted by molar-refractivity contribution is 7.90. The molecule has 8 nitrogen and oxygen atoms in total. The van der Waals surface area contributed by atoms with Gasteiger partial charge in [-0.1, -0.05) is 26.7 Å². The summed E-state index contributed by atoms with van der Waals surface area (Å²) in [5.74, 6) is -0.438. The Morgan fingerprint density at radius 2 is 1.81 bits per heavy atom. The zero-order chi connectivity index (χ0) is 22.8. The van der Waals surface area contributed by atoms with E-state index in [2.05, 4.69) is 24.1 Å². The molecule has 1 saturated heterocycles. The standard InChI is InChI=1S/C22H33N3O5S/c1-5-16(6-2)19(24-9-11-30-12-10-24)14-23-21(26)17-7-8-18-20(13-17)31(28,29)25(15(3)4)22(18)27/h7-8,13,15-16,19H,5-6,9-12,14H2,1-4H3,(H,23,26). The van der Waals surface area contributed by atoms with Gasteiger partial charge in [0, 0.05) is 37.3 Å². The Balaban J connectivity index is 1.78. The lowest BCUT2D eigenvalue weighted by molar-refractivity contribution is 0.00191. The van der Waals surface area contributed by atoms with Crippen molar-refractivity contribution in [3.63, 3.8) is 0 Å². The summed E-state index contributed by atoms with van der Waals surface area (Å²) >= 11 is 0. The van der Waals surface area contributed by atoms with Crippen molar-refractivity contribution in [1.29, 1.82) is 0 Å². The van der Waals surface area contributed by atoms with Crippen molar-refractivity contribution >= 4 is 21.8 Å². The van der Waals surface area contributed by atoms with Crippen molar-refractivity contribution in [2.75, 3.05) is 32.8 Å². The van der Waals surface area contributed by atoms with Gasteiger partial charge in [-0.05, 0) is 38.0 Å². The molecule has 2 heterocycles. The van der Waals surface area contributed by atoms with Crippen molar-refractivity contribution in [2.24, 2.45) is 5.92 Å². The maximum Gasteiger partial charge on any atom is 0.269 e. The van der Waals surface area contributed by atoms with E-state index >= 15 is 0 Å². The molecule has 0 radical (unpaired) electrons. The monoisotopic (exact) mass is 451 g/mol. The SMILES string of the molecule is CCC(CC)C(CNC(=O)c1ccc2c(c1)S(=O)(=O)N(C(C)C)C2=O)N1CCOCC1. The second-order valence-electron chi connectivity index (χ2n) is 8.41. The van der Waals surface area contributed by atoms with E-state index in [0.29, 0.717) is 25.7 Å². The Kier molecular flexibility index (Phi) is 7.39. The van der Waals surface area contributed by atoms with E-state index in [1.807, 2.05) is 0 Å². The number of amides is 2. The summed E-state index contributed by atoms with van der Waals surface area (Å²) in [5, 5.41) is 2.99. The van der Waals surface area contributed by atoms with E-state index in [9.17, 15) is 18.0 Å². The topological polar surface area (TPSA) is 96.0 Å². The van der Waals surface area contributed by atoms with Gasteiger partial charge in [-0.25, -0.2) is 12.7 Å². The van der Waals surface area contributed by atoms with Gasteiger partial charge < -0.3 is 10.1 Å². The molecule has 2 aliphatic heterocycles. The smallest absolute Gasteiger partial charge is 0.269 e. The Morgan fingerprint density at radius 3 is 2.39 bits per heavy atom. The molecule has 0 aromatic heterocycles. The van der Waals surface area contributed by atoms with Gasteiger partial charge in [0.15, 0.2) is 0 Å². The van der Waals surface area contributed by atoms with Gasteiger partial charge in [0.2, 0.25) is 0 Å². The van der Waals surface area contributed by atoms with Gasteiger partial charge in [-0.2, -0.15) is 0 Å². The number of nitrogens with zero attached hydrogens (tertiary/aromatic N) is 2. The number of hydrogen-bond acceptors (Lipinski definition) is 6. The molecule has 0 aliphatic carbocycles. The Hall–Kier alpha value is -1.97. The molecule has 1 fully saturated rings. The molecule has 2 amide bonds. The number of sulfonamides is 1. The summed E-state index contributed by atoms with van der Waals surface area (Å²) in [5.41, 5.74) is 0.361. The summed E-state index contributed by atoms with van der Waals surface area (Å²) in [7, 11) is -3.94. The van der Waals surface area contributed by atoms with Crippen LogP contribution in [0.2, 0.25) is 0 Å². The van der Waals surface area contributed by atoms with Gasteiger partial charge in [0.25, 0.3) is 21.8 Å². The number of hydrogen-bond donors (Lipinski definition) is 1. The van der Waals surface area contributed by atoms with Crippen LogP contribution in [0.25, 0.3) is 0 Å². The van der Waals surface area contributed by atoms with Crippen molar-refractivity contribution in [1.82, 2.24) is 14.5 Å². The molecule has 0 saturated carbocycles. The van der Waals surface area contributed by atoms with Crippen LogP contribution in [0.3, 0.4) is 0 Å². The third-order valence-electron chi connectivity index (χ3n) is 6.26. The highest BCUT2D eigenvalue weighted by Gasteiger charge is 2.43. The highest BCUT2D eigenvalue weighted by atomic mass is 32.2. The zero-order valence-electron chi connectivity index (χ0n) is 18.8. The van der Waals surface area contributed by atoms with Crippen LogP contribution in [-0.4, -0.2) is 74.4 Å². The lowest BCUT2D eigenvalue weighted by Crippen LogP contribution is -2.52.